The number of rotatable bonds is 6. The summed E-state index contributed by atoms with van der Waals surface area (Å²) in [5, 5.41) is 3.27. The number of sulfonamides is 1. The van der Waals surface area contributed by atoms with Crippen LogP contribution in [0.5, 0.6) is 0 Å². The molecule has 1 saturated carbocycles. The van der Waals surface area contributed by atoms with Gasteiger partial charge in [-0.1, -0.05) is 37.4 Å². The molecule has 0 bridgehead atoms. The van der Waals surface area contributed by atoms with Gasteiger partial charge < -0.3 is 5.32 Å². The Hall–Kier alpha value is -0.620. The first kappa shape index (κ1) is 16.7. The molecule has 118 valence electrons. The van der Waals surface area contributed by atoms with Gasteiger partial charge in [-0.15, -0.1) is 0 Å². The van der Waals surface area contributed by atoms with Gasteiger partial charge in [0.1, 0.15) is 4.90 Å². The highest BCUT2D eigenvalue weighted by Crippen LogP contribution is 2.31. The SMILES string of the molecule is CNCc1ccc(Cl)c(S(=O)(=O)NCC2CCCC2C)c1. The van der Waals surface area contributed by atoms with Gasteiger partial charge in [-0.05, 0) is 43.0 Å². The fourth-order valence-corrected chi connectivity index (χ4v) is 4.53. The van der Waals surface area contributed by atoms with Gasteiger partial charge in [-0.25, -0.2) is 13.1 Å². The first-order valence-electron chi connectivity index (χ1n) is 7.36. The fourth-order valence-electron chi connectivity index (χ4n) is 2.89. The van der Waals surface area contributed by atoms with Gasteiger partial charge in [-0.2, -0.15) is 0 Å². The van der Waals surface area contributed by atoms with E-state index in [0.29, 0.717) is 24.9 Å². The van der Waals surface area contributed by atoms with E-state index in [2.05, 4.69) is 17.0 Å². The van der Waals surface area contributed by atoms with E-state index in [0.717, 1.165) is 12.0 Å². The highest BCUT2D eigenvalue weighted by molar-refractivity contribution is 7.89. The maximum atomic E-state index is 12.5. The minimum Gasteiger partial charge on any atom is -0.316 e. The number of benzene rings is 1. The molecule has 0 aromatic heterocycles. The predicted octanol–water partition coefficient (Wildman–Crippen LogP) is 2.77. The Morgan fingerprint density at radius 3 is 2.71 bits per heavy atom. The quantitative estimate of drug-likeness (QED) is 0.843. The molecule has 1 aliphatic carbocycles. The lowest BCUT2D eigenvalue weighted by atomic mass is 9.99. The zero-order valence-electron chi connectivity index (χ0n) is 12.5. The van der Waals surface area contributed by atoms with Crippen molar-refractivity contribution < 1.29 is 8.42 Å². The number of nitrogens with one attached hydrogen (secondary N) is 2. The summed E-state index contributed by atoms with van der Waals surface area (Å²) in [6.45, 7) is 3.29. The van der Waals surface area contributed by atoms with Gasteiger partial charge in [0.15, 0.2) is 0 Å². The van der Waals surface area contributed by atoms with Gasteiger partial charge in [0.2, 0.25) is 10.0 Å². The largest absolute Gasteiger partial charge is 0.316 e. The molecule has 0 radical (unpaired) electrons. The van der Waals surface area contributed by atoms with Crippen LogP contribution in [-0.2, 0) is 16.6 Å². The van der Waals surface area contributed by atoms with Crippen LogP contribution >= 0.6 is 11.6 Å². The van der Waals surface area contributed by atoms with Crippen LogP contribution in [0.4, 0.5) is 0 Å². The zero-order chi connectivity index (χ0) is 15.5. The van der Waals surface area contributed by atoms with E-state index in [-0.39, 0.29) is 9.92 Å². The smallest absolute Gasteiger partial charge is 0.242 e. The first-order chi connectivity index (χ1) is 9.94. The lowest BCUT2D eigenvalue weighted by molar-refractivity contribution is 0.414. The molecule has 0 aliphatic heterocycles. The summed E-state index contributed by atoms with van der Waals surface area (Å²) in [7, 11) is -1.73. The van der Waals surface area contributed by atoms with E-state index < -0.39 is 10.0 Å². The molecule has 1 fully saturated rings. The van der Waals surface area contributed by atoms with Crippen molar-refractivity contribution in [2.75, 3.05) is 13.6 Å². The molecule has 2 unspecified atom stereocenters. The van der Waals surface area contributed by atoms with Gasteiger partial charge in [0, 0.05) is 13.1 Å². The van der Waals surface area contributed by atoms with Gasteiger partial charge in [0.05, 0.1) is 5.02 Å². The maximum absolute atomic E-state index is 12.5. The summed E-state index contributed by atoms with van der Waals surface area (Å²) in [4.78, 5) is 0.169. The Bertz CT molecular complexity index is 589. The fraction of sp³-hybridized carbons (Fsp3) is 0.600. The van der Waals surface area contributed by atoms with Gasteiger partial charge >= 0.3 is 0 Å². The lowest BCUT2D eigenvalue weighted by Crippen LogP contribution is -2.30. The van der Waals surface area contributed by atoms with Crippen LogP contribution in [-0.4, -0.2) is 22.0 Å². The molecular weight excluding hydrogens is 308 g/mol. The highest BCUT2D eigenvalue weighted by atomic mass is 35.5. The molecule has 0 saturated heterocycles. The van der Waals surface area contributed by atoms with Crippen molar-refractivity contribution in [2.24, 2.45) is 11.8 Å². The molecular formula is C15H23ClN2O2S. The molecule has 6 heteroatoms. The third kappa shape index (κ3) is 4.19. The molecule has 0 amide bonds. The van der Waals surface area contributed by atoms with Crippen molar-refractivity contribution in [3.05, 3.63) is 28.8 Å². The molecule has 4 nitrogen and oxygen atoms in total. The average Bonchev–Trinajstić information content (AvgIpc) is 2.84. The molecule has 1 aromatic rings. The third-order valence-corrected chi connectivity index (χ3v) is 6.15. The molecule has 2 N–H and O–H groups in total. The van der Waals surface area contributed by atoms with E-state index >= 15 is 0 Å². The maximum Gasteiger partial charge on any atom is 0.242 e. The number of hydrogen-bond acceptors (Lipinski definition) is 3. The van der Waals surface area contributed by atoms with Crippen molar-refractivity contribution >= 4 is 21.6 Å². The topological polar surface area (TPSA) is 58.2 Å². The van der Waals surface area contributed by atoms with Crippen LogP contribution in [0.2, 0.25) is 5.02 Å². The molecule has 1 aromatic carbocycles. The second-order valence-corrected chi connectivity index (χ2v) is 7.96. The number of halogens is 1. The minimum atomic E-state index is -3.55. The molecule has 21 heavy (non-hydrogen) atoms. The normalized spacial score (nSPS) is 22.6. The third-order valence-electron chi connectivity index (χ3n) is 4.24. The van der Waals surface area contributed by atoms with Crippen LogP contribution < -0.4 is 10.0 Å². The minimum absolute atomic E-state index is 0.169. The first-order valence-corrected chi connectivity index (χ1v) is 9.23. The van der Waals surface area contributed by atoms with Crippen molar-refractivity contribution in [2.45, 2.75) is 37.6 Å². The zero-order valence-corrected chi connectivity index (χ0v) is 14.1. The standard InChI is InChI=1S/C15H23ClN2O2S/c1-11-4-3-5-13(11)10-18-21(19,20)15-8-12(9-17-2)6-7-14(15)16/h6-8,11,13,17-18H,3-5,9-10H2,1-2H3. The summed E-state index contributed by atoms with van der Waals surface area (Å²) in [6.07, 6.45) is 3.47. The number of hydrogen-bond donors (Lipinski definition) is 2. The lowest BCUT2D eigenvalue weighted by Gasteiger charge is -2.16. The van der Waals surface area contributed by atoms with Crippen LogP contribution in [0.1, 0.15) is 31.7 Å². The van der Waals surface area contributed by atoms with Crippen LogP contribution in [0.15, 0.2) is 23.1 Å². The van der Waals surface area contributed by atoms with E-state index in [9.17, 15) is 8.42 Å². The summed E-state index contributed by atoms with van der Waals surface area (Å²) in [6, 6.07) is 5.11. The Balaban J connectivity index is 2.13. The summed E-state index contributed by atoms with van der Waals surface area (Å²) < 4.78 is 27.6. The van der Waals surface area contributed by atoms with Gasteiger partial charge in [0.25, 0.3) is 0 Å². The predicted molar refractivity (Wildman–Crippen MR) is 85.9 cm³/mol. The van der Waals surface area contributed by atoms with E-state index in [1.807, 2.05) is 13.1 Å². The van der Waals surface area contributed by atoms with Crippen LogP contribution in [0.25, 0.3) is 0 Å². The van der Waals surface area contributed by atoms with Crippen molar-refractivity contribution in [1.82, 2.24) is 10.0 Å². The molecule has 1 aliphatic rings. The molecule has 2 atom stereocenters. The second-order valence-electron chi connectivity index (χ2n) is 5.82. The summed E-state index contributed by atoms with van der Waals surface area (Å²) >= 11 is 6.07. The van der Waals surface area contributed by atoms with E-state index in [1.165, 1.54) is 12.8 Å². The monoisotopic (exact) mass is 330 g/mol. The van der Waals surface area contributed by atoms with Crippen LogP contribution in [0, 0.1) is 11.8 Å². The summed E-state index contributed by atoms with van der Waals surface area (Å²) in [5.74, 6) is 1.01. The summed E-state index contributed by atoms with van der Waals surface area (Å²) in [5.41, 5.74) is 0.900. The van der Waals surface area contributed by atoms with Crippen molar-refractivity contribution in [1.29, 1.82) is 0 Å². The van der Waals surface area contributed by atoms with E-state index in [1.54, 1.807) is 12.1 Å². The Morgan fingerprint density at radius 2 is 2.10 bits per heavy atom. The molecule has 0 spiro atoms. The Kier molecular flexibility index (Phi) is 5.66. The Labute approximate surface area is 132 Å². The van der Waals surface area contributed by atoms with Gasteiger partial charge in [-0.3, -0.25) is 0 Å². The van der Waals surface area contributed by atoms with Crippen molar-refractivity contribution in [3.63, 3.8) is 0 Å². The second kappa shape index (κ2) is 7.09. The molecule has 2 rings (SSSR count). The van der Waals surface area contributed by atoms with Crippen molar-refractivity contribution in [3.8, 4) is 0 Å². The van der Waals surface area contributed by atoms with Crippen LogP contribution in [0.3, 0.4) is 0 Å². The Morgan fingerprint density at radius 1 is 1.33 bits per heavy atom. The molecule has 0 heterocycles. The van der Waals surface area contributed by atoms with E-state index in [4.69, 9.17) is 11.6 Å². The highest BCUT2D eigenvalue weighted by Gasteiger charge is 2.26. The average molecular weight is 331 g/mol.